The first-order chi connectivity index (χ1) is 7.79. The zero-order chi connectivity index (χ0) is 13.2. The minimum absolute atomic E-state index is 0.384. The number of rotatable bonds is 4. The summed E-state index contributed by atoms with van der Waals surface area (Å²) in [5.74, 6) is 5.51. The van der Waals surface area contributed by atoms with Crippen LogP contribution >= 0.6 is 0 Å². The van der Waals surface area contributed by atoms with Crippen LogP contribution in [0.5, 0.6) is 0 Å². The van der Waals surface area contributed by atoms with Crippen LogP contribution in [0.3, 0.4) is 0 Å². The Morgan fingerprint density at radius 2 is 1.88 bits per heavy atom. The van der Waals surface area contributed by atoms with E-state index in [4.69, 9.17) is 5.84 Å². The van der Waals surface area contributed by atoms with Gasteiger partial charge in [-0.1, -0.05) is 18.2 Å². The molecule has 0 spiro atoms. The minimum atomic E-state index is -3.13. The van der Waals surface area contributed by atoms with Gasteiger partial charge < -0.3 is 0 Å². The lowest BCUT2D eigenvalue weighted by Crippen LogP contribution is -2.39. The van der Waals surface area contributed by atoms with Crippen molar-refractivity contribution in [3.8, 4) is 0 Å². The van der Waals surface area contributed by atoms with E-state index in [0.29, 0.717) is 0 Å². The number of sulfone groups is 1. The number of aryl methyl sites for hydroxylation is 1. The second-order valence-electron chi connectivity index (χ2n) is 4.47. The summed E-state index contributed by atoms with van der Waals surface area (Å²) >= 11 is 0. The van der Waals surface area contributed by atoms with Crippen LogP contribution in [0.1, 0.15) is 29.7 Å². The highest BCUT2D eigenvalue weighted by molar-refractivity contribution is 7.91. The van der Waals surface area contributed by atoms with E-state index in [9.17, 15) is 8.42 Å². The number of hydrogen-bond acceptors (Lipinski definition) is 4. The van der Waals surface area contributed by atoms with Gasteiger partial charge in [-0.3, -0.25) is 11.3 Å². The van der Waals surface area contributed by atoms with Gasteiger partial charge in [0.2, 0.25) is 0 Å². The first-order valence-electron chi connectivity index (χ1n) is 5.50. The number of hydrogen-bond donors (Lipinski definition) is 2. The Morgan fingerprint density at radius 3 is 2.35 bits per heavy atom. The maximum Gasteiger partial charge on any atom is 0.151 e. The lowest BCUT2D eigenvalue weighted by atomic mass is 9.96. The molecular formula is C12H20N2O2S. The zero-order valence-corrected chi connectivity index (χ0v) is 11.5. The van der Waals surface area contributed by atoms with E-state index in [1.165, 1.54) is 6.26 Å². The molecule has 3 N–H and O–H groups in total. The molecule has 0 saturated carbocycles. The number of nitrogens with two attached hydrogens (primary N) is 1. The standard InChI is InChI=1S/C12H20N2O2S/c1-8-6-5-7-11(9(8)2)12(14-13)10(3)17(4,15)16/h5-7,10,12,14H,13H2,1-4H3. The van der Waals surface area contributed by atoms with Crippen LogP contribution in [0.25, 0.3) is 0 Å². The van der Waals surface area contributed by atoms with Gasteiger partial charge in [-0.15, -0.1) is 0 Å². The highest BCUT2D eigenvalue weighted by atomic mass is 32.2. The van der Waals surface area contributed by atoms with Gasteiger partial charge >= 0.3 is 0 Å². The van der Waals surface area contributed by atoms with Crippen LogP contribution in [-0.2, 0) is 9.84 Å². The second kappa shape index (κ2) is 5.16. The SMILES string of the molecule is Cc1cccc(C(NN)C(C)S(C)(=O)=O)c1C. The van der Waals surface area contributed by atoms with Crippen molar-refractivity contribution in [3.05, 3.63) is 34.9 Å². The largest absolute Gasteiger partial charge is 0.271 e. The van der Waals surface area contributed by atoms with Crippen LogP contribution in [-0.4, -0.2) is 19.9 Å². The number of nitrogens with one attached hydrogen (secondary N) is 1. The molecule has 0 bridgehead atoms. The molecule has 1 aromatic rings. The fourth-order valence-electron chi connectivity index (χ4n) is 1.84. The Bertz CT molecular complexity index is 497. The Labute approximate surface area is 103 Å². The first-order valence-corrected chi connectivity index (χ1v) is 7.45. The zero-order valence-electron chi connectivity index (χ0n) is 10.7. The topological polar surface area (TPSA) is 72.2 Å². The molecule has 2 unspecified atom stereocenters. The first kappa shape index (κ1) is 14.2. The molecule has 0 aliphatic carbocycles. The summed E-state index contributed by atoms with van der Waals surface area (Å²) in [7, 11) is -3.13. The van der Waals surface area contributed by atoms with Crippen LogP contribution < -0.4 is 11.3 Å². The molecule has 0 aliphatic rings. The van der Waals surface area contributed by atoms with Gasteiger partial charge in [-0.2, -0.15) is 0 Å². The maximum atomic E-state index is 11.6. The predicted molar refractivity (Wildman–Crippen MR) is 70.3 cm³/mol. The lowest BCUT2D eigenvalue weighted by molar-refractivity contribution is 0.511. The average Bonchev–Trinajstić information content (AvgIpc) is 2.23. The summed E-state index contributed by atoms with van der Waals surface area (Å²) in [6, 6.07) is 5.44. The monoisotopic (exact) mass is 256 g/mol. The summed E-state index contributed by atoms with van der Waals surface area (Å²) < 4.78 is 23.2. The van der Waals surface area contributed by atoms with Gasteiger partial charge in [0.15, 0.2) is 9.84 Å². The third-order valence-electron chi connectivity index (χ3n) is 3.31. The highest BCUT2D eigenvalue weighted by Gasteiger charge is 2.27. The van der Waals surface area contributed by atoms with E-state index in [1.807, 2.05) is 32.0 Å². The number of hydrazine groups is 1. The molecule has 0 radical (unpaired) electrons. The quantitative estimate of drug-likeness (QED) is 0.628. The molecule has 0 amide bonds. The lowest BCUT2D eigenvalue weighted by Gasteiger charge is -2.24. The summed E-state index contributed by atoms with van der Waals surface area (Å²) in [6.07, 6.45) is 1.23. The van der Waals surface area contributed by atoms with Gasteiger partial charge in [0, 0.05) is 6.26 Å². The molecule has 0 aliphatic heterocycles. The van der Waals surface area contributed by atoms with E-state index in [0.717, 1.165) is 16.7 Å². The van der Waals surface area contributed by atoms with Crippen molar-refractivity contribution in [2.75, 3.05) is 6.26 Å². The Hall–Kier alpha value is -0.910. The number of benzene rings is 1. The summed E-state index contributed by atoms with van der Waals surface area (Å²) in [6.45, 7) is 5.64. The van der Waals surface area contributed by atoms with Gasteiger partial charge in [0.05, 0.1) is 11.3 Å². The molecule has 0 saturated heterocycles. The van der Waals surface area contributed by atoms with Crippen LogP contribution in [0.4, 0.5) is 0 Å². The summed E-state index contributed by atoms with van der Waals surface area (Å²) in [5, 5.41) is -0.562. The fourth-order valence-corrected chi connectivity index (χ4v) is 2.56. The summed E-state index contributed by atoms with van der Waals surface area (Å²) in [4.78, 5) is 0. The van der Waals surface area contributed by atoms with E-state index >= 15 is 0 Å². The van der Waals surface area contributed by atoms with Crippen molar-refractivity contribution in [3.63, 3.8) is 0 Å². The van der Waals surface area contributed by atoms with E-state index in [1.54, 1.807) is 6.92 Å². The average molecular weight is 256 g/mol. The molecule has 4 nitrogen and oxygen atoms in total. The second-order valence-corrected chi connectivity index (χ2v) is 6.87. The van der Waals surface area contributed by atoms with E-state index in [2.05, 4.69) is 5.43 Å². The molecule has 17 heavy (non-hydrogen) atoms. The molecule has 0 aromatic heterocycles. The van der Waals surface area contributed by atoms with Gasteiger partial charge in [0.25, 0.3) is 0 Å². The molecule has 5 heteroatoms. The molecular weight excluding hydrogens is 236 g/mol. The van der Waals surface area contributed by atoms with E-state index < -0.39 is 15.1 Å². The Morgan fingerprint density at radius 1 is 1.29 bits per heavy atom. The van der Waals surface area contributed by atoms with Crippen molar-refractivity contribution in [2.45, 2.75) is 32.1 Å². The minimum Gasteiger partial charge on any atom is -0.271 e. The Kier molecular flexibility index (Phi) is 4.30. The van der Waals surface area contributed by atoms with Gasteiger partial charge in [-0.25, -0.2) is 8.42 Å². The van der Waals surface area contributed by atoms with Crippen LogP contribution in [0.15, 0.2) is 18.2 Å². The fraction of sp³-hybridized carbons (Fsp3) is 0.500. The molecule has 1 aromatic carbocycles. The predicted octanol–water partition coefficient (Wildman–Crippen LogP) is 1.24. The highest BCUT2D eigenvalue weighted by Crippen LogP contribution is 2.25. The third kappa shape index (κ3) is 3.06. The normalized spacial score (nSPS) is 15.6. The third-order valence-corrected chi connectivity index (χ3v) is 4.93. The molecule has 2 atom stereocenters. The van der Waals surface area contributed by atoms with E-state index in [-0.39, 0.29) is 6.04 Å². The molecule has 96 valence electrons. The smallest absolute Gasteiger partial charge is 0.151 e. The van der Waals surface area contributed by atoms with Crippen LogP contribution in [0, 0.1) is 13.8 Å². The molecule has 0 heterocycles. The van der Waals surface area contributed by atoms with Gasteiger partial charge in [-0.05, 0) is 37.5 Å². The van der Waals surface area contributed by atoms with Crippen molar-refractivity contribution < 1.29 is 8.42 Å². The van der Waals surface area contributed by atoms with Crippen molar-refractivity contribution >= 4 is 9.84 Å². The van der Waals surface area contributed by atoms with Crippen molar-refractivity contribution in [1.82, 2.24) is 5.43 Å². The molecule has 1 rings (SSSR count). The van der Waals surface area contributed by atoms with Gasteiger partial charge in [0.1, 0.15) is 0 Å². The Balaban J connectivity index is 3.24. The van der Waals surface area contributed by atoms with Crippen molar-refractivity contribution in [1.29, 1.82) is 0 Å². The maximum absolute atomic E-state index is 11.6. The molecule has 0 fully saturated rings. The van der Waals surface area contributed by atoms with Crippen LogP contribution in [0.2, 0.25) is 0 Å². The summed E-state index contributed by atoms with van der Waals surface area (Å²) in [5.41, 5.74) is 5.75. The van der Waals surface area contributed by atoms with Crippen molar-refractivity contribution in [2.24, 2.45) is 5.84 Å².